The predicted molar refractivity (Wildman–Crippen MR) is 84.3 cm³/mol. The number of rotatable bonds is 6. The van der Waals surface area contributed by atoms with Gasteiger partial charge in [-0.2, -0.15) is 0 Å². The Morgan fingerprint density at radius 1 is 1.11 bits per heavy atom. The van der Waals surface area contributed by atoms with Crippen molar-refractivity contribution >= 4 is 11.8 Å². The lowest BCUT2D eigenvalue weighted by Gasteiger charge is -2.03. The molecule has 0 amide bonds. The first-order valence-corrected chi connectivity index (χ1v) is 7.55. The SMILES string of the molecule is CC(C)=CCCC(C)=CCSc1ccccc1C. The number of allylic oxidation sites excluding steroid dienone is 3. The van der Waals surface area contributed by atoms with Gasteiger partial charge in [0, 0.05) is 10.6 Å². The van der Waals surface area contributed by atoms with Gasteiger partial charge in [0.1, 0.15) is 0 Å². The second kappa shape index (κ2) is 8.20. The van der Waals surface area contributed by atoms with Crippen molar-refractivity contribution in [2.24, 2.45) is 0 Å². The van der Waals surface area contributed by atoms with Crippen molar-refractivity contribution in [3.05, 3.63) is 53.1 Å². The molecule has 0 N–H and O–H groups in total. The van der Waals surface area contributed by atoms with E-state index in [9.17, 15) is 0 Å². The van der Waals surface area contributed by atoms with Crippen molar-refractivity contribution in [3.63, 3.8) is 0 Å². The summed E-state index contributed by atoms with van der Waals surface area (Å²) < 4.78 is 0. The van der Waals surface area contributed by atoms with Crippen molar-refractivity contribution in [1.82, 2.24) is 0 Å². The molecule has 0 aliphatic carbocycles. The van der Waals surface area contributed by atoms with Crippen molar-refractivity contribution in [2.45, 2.75) is 45.4 Å². The molecule has 0 aliphatic heterocycles. The maximum atomic E-state index is 2.36. The molecule has 1 aromatic rings. The van der Waals surface area contributed by atoms with Gasteiger partial charge in [-0.3, -0.25) is 0 Å². The molecule has 0 aliphatic rings. The summed E-state index contributed by atoms with van der Waals surface area (Å²) in [5.41, 5.74) is 4.28. The highest BCUT2D eigenvalue weighted by Crippen LogP contribution is 2.22. The van der Waals surface area contributed by atoms with E-state index >= 15 is 0 Å². The molecule has 0 bridgehead atoms. The van der Waals surface area contributed by atoms with E-state index < -0.39 is 0 Å². The van der Waals surface area contributed by atoms with Gasteiger partial charge in [-0.15, -0.1) is 11.8 Å². The maximum absolute atomic E-state index is 2.36. The van der Waals surface area contributed by atoms with Crippen LogP contribution in [0.4, 0.5) is 0 Å². The van der Waals surface area contributed by atoms with E-state index in [0.29, 0.717) is 0 Å². The van der Waals surface area contributed by atoms with Crippen LogP contribution in [0.1, 0.15) is 39.2 Å². The smallest absolute Gasteiger partial charge is 0.0163 e. The zero-order valence-corrected chi connectivity index (χ0v) is 12.8. The third kappa shape index (κ3) is 6.11. The maximum Gasteiger partial charge on any atom is 0.0163 e. The van der Waals surface area contributed by atoms with Gasteiger partial charge in [-0.25, -0.2) is 0 Å². The number of thioether (sulfide) groups is 1. The summed E-state index contributed by atoms with van der Waals surface area (Å²) in [6, 6.07) is 8.58. The van der Waals surface area contributed by atoms with E-state index in [0.717, 1.165) is 5.75 Å². The van der Waals surface area contributed by atoms with Crippen LogP contribution >= 0.6 is 11.8 Å². The van der Waals surface area contributed by atoms with E-state index in [1.54, 1.807) is 0 Å². The van der Waals surface area contributed by atoms with Gasteiger partial charge in [0.15, 0.2) is 0 Å². The van der Waals surface area contributed by atoms with Crippen LogP contribution in [-0.4, -0.2) is 5.75 Å². The lowest BCUT2D eigenvalue weighted by atomic mass is 10.1. The molecule has 0 saturated heterocycles. The third-order valence-electron chi connectivity index (χ3n) is 2.86. The largest absolute Gasteiger partial charge is 0.122 e. The van der Waals surface area contributed by atoms with Gasteiger partial charge < -0.3 is 0 Å². The summed E-state index contributed by atoms with van der Waals surface area (Å²) in [6.07, 6.45) is 7.01. The molecule has 18 heavy (non-hydrogen) atoms. The van der Waals surface area contributed by atoms with Crippen molar-refractivity contribution < 1.29 is 0 Å². The van der Waals surface area contributed by atoms with Crippen molar-refractivity contribution in [1.29, 1.82) is 0 Å². The average molecular weight is 260 g/mol. The number of hydrogen-bond donors (Lipinski definition) is 0. The molecule has 0 spiro atoms. The summed E-state index contributed by atoms with van der Waals surface area (Å²) >= 11 is 1.92. The van der Waals surface area contributed by atoms with Gasteiger partial charge in [-0.1, -0.05) is 41.5 Å². The minimum Gasteiger partial charge on any atom is -0.122 e. The Balaban J connectivity index is 2.36. The first-order valence-electron chi connectivity index (χ1n) is 6.57. The summed E-state index contributed by atoms with van der Waals surface area (Å²) in [7, 11) is 0. The van der Waals surface area contributed by atoms with E-state index in [4.69, 9.17) is 0 Å². The summed E-state index contributed by atoms with van der Waals surface area (Å²) in [4.78, 5) is 1.39. The Kier molecular flexibility index (Phi) is 6.89. The first kappa shape index (κ1) is 15.1. The van der Waals surface area contributed by atoms with Crippen LogP contribution in [0.3, 0.4) is 0 Å². The standard InChI is InChI=1S/C17H24S/c1-14(2)8-7-9-15(3)12-13-18-17-11-6-5-10-16(17)4/h5-6,8,10-12H,7,9,13H2,1-4H3. The fourth-order valence-corrected chi connectivity index (χ4v) is 2.70. The lowest BCUT2D eigenvalue weighted by Crippen LogP contribution is -1.82. The fourth-order valence-electron chi connectivity index (χ4n) is 1.68. The predicted octanol–water partition coefficient (Wildman–Crippen LogP) is 5.78. The lowest BCUT2D eigenvalue weighted by molar-refractivity contribution is 0.964. The second-order valence-electron chi connectivity index (χ2n) is 4.95. The molecule has 0 fully saturated rings. The number of hydrogen-bond acceptors (Lipinski definition) is 1. The van der Waals surface area contributed by atoms with Crippen LogP contribution in [0.25, 0.3) is 0 Å². The van der Waals surface area contributed by atoms with Gasteiger partial charge >= 0.3 is 0 Å². The molecule has 1 aromatic carbocycles. The molecular formula is C17H24S. The molecule has 0 atom stereocenters. The highest BCUT2D eigenvalue weighted by molar-refractivity contribution is 7.99. The zero-order chi connectivity index (χ0) is 13.4. The first-order chi connectivity index (χ1) is 8.59. The molecular weight excluding hydrogens is 236 g/mol. The molecule has 1 heteroatoms. The molecule has 0 nitrogen and oxygen atoms in total. The Morgan fingerprint density at radius 2 is 1.83 bits per heavy atom. The fraction of sp³-hybridized carbons (Fsp3) is 0.412. The van der Waals surface area contributed by atoms with Gasteiger partial charge in [0.2, 0.25) is 0 Å². The Hall–Kier alpha value is -0.950. The zero-order valence-electron chi connectivity index (χ0n) is 12.0. The third-order valence-corrected chi connectivity index (χ3v) is 3.96. The number of benzene rings is 1. The van der Waals surface area contributed by atoms with Crippen molar-refractivity contribution in [3.8, 4) is 0 Å². The molecule has 0 radical (unpaired) electrons. The van der Waals surface area contributed by atoms with Crippen LogP contribution in [0.2, 0.25) is 0 Å². The van der Waals surface area contributed by atoms with Crippen LogP contribution in [0.5, 0.6) is 0 Å². The van der Waals surface area contributed by atoms with Gasteiger partial charge in [0.25, 0.3) is 0 Å². The Morgan fingerprint density at radius 3 is 2.50 bits per heavy atom. The van der Waals surface area contributed by atoms with Crippen LogP contribution in [0, 0.1) is 6.92 Å². The normalized spacial score (nSPS) is 11.4. The molecule has 0 heterocycles. The van der Waals surface area contributed by atoms with Crippen LogP contribution in [-0.2, 0) is 0 Å². The highest BCUT2D eigenvalue weighted by atomic mass is 32.2. The quantitative estimate of drug-likeness (QED) is 0.461. The highest BCUT2D eigenvalue weighted by Gasteiger charge is 1.96. The molecule has 0 unspecified atom stereocenters. The minimum absolute atomic E-state index is 1.07. The monoisotopic (exact) mass is 260 g/mol. The van der Waals surface area contributed by atoms with Crippen LogP contribution < -0.4 is 0 Å². The second-order valence-corrected chi connectivity index (χ2v) is 6.01. The van der Waals surface area contributed by atoms with E-state index in [2.05, 4.69) is 64.1 Å². The van der Waals surface area contributed by atoms with E-state index in [1.165, 1.54) is 34.4 Å². The topological polar surface area (TPSA) is 0 Å². The summed E-state index contributed by atoms with van der Waals surface area (Å²) in [5.74, 6) is 1.07. The van der Waals surface area contributed by atoms with E-state index in [1.807, 2.05) is 11.8 Å². The molecule has 1 rings (SSSR count). The summed E-state index contributed by atoms with van der Waals surface area (Å²) in [6.45, 7) is 8.73. The number of aryl methyl sites for hydroxylation is 1. The van der Waals surface area contributed by atoms with E-state index in [-0.39, 0.29) is 0 Å². The Bertz CT molecular complexity index is 423. The Labute approximate surface area is 116 Å². The molecule has 0 saturated carbocycles. The molecule has 0 aromatic heterocycles. The average Bonchev–Trinajstić information content (AvgIpc) is 2.31. The van der Waals surface area contributed by atoms with Gasteiger partial charge in [-0.05, 0) is 52.2 Å². The van der Waals surface area contributed by atoms with Crippen LogP contribution in [0.15, 0.2) is 52.5 Å². The minimum atomic E-state index is 1.07. The summed E-state index contributed by atoms with van der Waals surface area (Å²) in [5, 5.41) is 0. The van der Waals surface area contributed by atoms with Gasteiger partial charge in [0.05, 0.1) is 0 Å². The molecule has 98 valence electrons. The van der Waals surface area contributed by atoms with Crippen molar-refractivity contribution in [2.75, 3.05) is 5.75 Å².